The molecule has 0 aliphatic carbocycles. The Labute approximate surface area is 374 Å². The van der Waals surface area contributed by atoms with Gasteiger partial charge in [-0.15, -0.1) is 0 Å². The lowest BCUT2D eigenvalue weighted by Gasteiger charge is -2.30. The third-order valence-electron chi connectivity index (χ3n) is 11.6. The monoisotopic (exact) mass is 846 g/mol. The molecule has 0 aromatic heterocycles. The maximum absolute atomic E-state index is 11.8. The van der Waals surface area contributed by atoms with Gasteiger partial charge in [-0.1, -0.05) is 211 Å². The number of fused-ring (bicyclic) bond motifs is 2. The van der Waals surface area contributed by atoms with Crippen molar-refractivity contribution in [2.45, 2.75) is 78.4 Å². The lowest BCUT2D eigenvalue weighted by atomic mass is 9.83. The van der Waals surface area contributed by atoms with Crippen molar-refractivity contribution in [1.82, 2.24) is 0 Å². The minimum atomic E-state index is -0.150. The highest BCUT2D eigenvalue weighted by Gasteiger charge is 2.29. The van der Waals surface area contributed by atoms with Crippen molar-refractivity contribution in [3.63, 3.8) is 0 Å². The van der Waals surface area contributed by atoms with Crippen LogP contribution in [0, 0.1) is 0 Å². The number of aromatic hydroxyl groups is 2. The van der Waals surface area contributed by atoms with Gasteiger partial charge in [0.05, 0.1) is 4.90 Å². The third kappa shape index (κ3) is 8.15. The van der Waals surface area contributed by atoms with E-state index in [2.05, 4.69) is 102 Å². The molecule has 62 heavy (non-hydrogen) atoms. The summed E-state index contributed by atoms with van der Waals surface area (Å²) in [5.41, 5.74) is 11.7. The zero-order chi connectivity index (χ0) is 43.2. The normalized spacial score (nSPS) is 12.4. The molecule has 0 saturated heterocycles. The molecule has 0 unspecified atom stereocenters. The van der Waals surface area contributed by atoms with Crippen LogP contribution in [0.25, 0.3) is 44.5 Å². The van der Waals surface area contributed by atoms with Crippen molar-refractivity contribution in [2.24, 2.45) is 0 Å². The Bertz CT molecular complexity index is 2940. The summed E-state index contributed by atoms with van der Waals surface area (Å²) < 4.78 is 7.12. The summed E-state index contributed by atoms with van der Waals surface area (Å²) in [6, 6.07) is 58.0. The molecule has 0 spiro atoms. The molecule has 8 aromatic rings. The van der Waals surface area contributed by atoms with Crippen LogP contribution in [0.2, 0.25) is 0 Å². The van der Waals surface area contributed by atoms with Crippen LogP contribution in [0.5, 0.6) is 23.0 Å². The van der Waals surface area contributed by atoms with E-state index in [4.69, 9.17) is 4.74 Å². The lowest BCUT2D eigenvalue weighted by molar-refractivity contribution is 0.443. The molecule has 0 amide bonds. The van der Waals surface area contributed by atoms with Crippen molar-refractivity contribution in [3.8, 4) is 67.5 Å². The molecule has 0 bridgehead atoms. The van der Waals surface area contributed by atoms with E-state index in [1.807, 2.05) is 109 Å². The average molecular weight is 847 g/mol. The molecular formula is C57H50O3S2. The quantitative estimate of drug-likeness (QED) is 0.160. The molecule has 5 heteroatoms. The fourth-order valence-corrected chi connectivity index (χ4v) is 10.7. The summed E-state index contributed by atoms with van der Waals surface area (Å²) in [7, 11) is 0. The van der Waals surface area contributed by atoms with Crippen molar-refractivity contribution < 1.29 is 14.9 Å². The molecule has 0 saturated carbocycles. The van der Waals surface area contributed by atoms with Crippen molar-refractivity contribution in [1.29, 1.82) is 0 Å². The molecule has 1 aliphatic rings. The summed E-state index contributed by atoms with van der Waals surface area (Å²) in [5, 5.41) is 23.5. The summed E-state index contributed by atoms with van der Waals surface area (Å²) in [5.74, 6) is 2.26. The van der Waals surface area contributed by atoms with Gasteiger partial charge in [-0.2, -0.15) is 0 Å². The maximum atomic E-state index is 11.8. The van der Waals surface area contributed by atoms with E-state index < -0.39 is 0 Å². The Hall–Kier alpha value is -6.14. The second-order valence-corrected chi connectivity index (χ2v) is 20.2. The minimum absolute atomic E-state index is 0.0913. The van der Waals surface area contributed by atoms with Gasteiger partial charge in [0.15, 0.2) is 0 Å². The zero-order valence-electron chi connectivity index (χ0n) is 36.0. The summed E-state index contributed by atoms with van der Waals surface area (Å²) in [6.07, 6.45) is 0.745. The number of phenols is 2. The Kier molecular flexibility index (Phi) is 11.0. The fraction of sp³-hybridized carbons (Fsp3) is 0.158. The van der Waals surface area contributed by atoms with Crippen LogP contribution >= 0.6 is 23.5 Å². The summed E-state index contributed by atoms with van der Waals surface area (Å²) >= 11 is 3.41. The van der Waals surface area contributed by atoms with Crippen molar-refractivity contribution >= 4 is 23.5 Å². The number of hydrogen-bond donors (Lipinski definition) is 2. The second kappa shape index (κ2) is 16.6. The molecule has 2 N–H and O–H groups in total. The standard InChI is InChI=1S/C57H50O3S2/c1-56(2,3)40-32-39-31-38-33-47(57(4,5)6)51(61-49-29-15-13-23-43(49)45-27-17-25-41(53(45)58)36-19-9-7-10-20-36)35-48(38)60-55(39)52(34-40)62-50-30-16-14-24-44(50)46-28-18-26-42(54(46)59)37-21-11-8-12-22-37/h7-30,32-35,58-59H,31H2,1-6H3. The Morgan fingerprint density at radius 1 is 0.419 bits per heavy atom. The molecule has 1 heterocycles. The molecule has 0 radical (unpaired) electrons. The number of hydrogen-bond acceptors (Lipinski definition) is 5. The van der Waals surface area contributed by atoms with Crippen molar-refractivity contribution in [3.05, 3.63) is 192 Å². The highest BCUT2D eigenvalue weighted by Crippen LogP contribution is 2.52. The van der Waals surface area contributed by atoms with Crippen LogP contribution in [0.15, 0.2) is 189 Å². The molecule has 0 atom stereocenters. The summed E-state index contributed by atoms with van der Waals surface area (Å²) in [6.45, 7) is 13.6. The SMILES string of the molecule is CC(C)(C)c1cc2c(c(Sc3ccccc3-c3cccc(-c4ccccc4)c3O)c1)Oc1cc(Sc3ccccc3-c3cccc(-c4ccccc4)c3O)c(C(C)(C)C)cc1C2. The molecule has 308 valence electrons. The first-order chi connectivity index (χ1) is 29.8. The average Bonchev–Trinajstić information content (AvgIpc) is 3.26. The maximum Gasteiger partial charge on any atom is 0.144 e. The molecule has 1 aliphatic heterocycles. The molecule has 8 aromatic carbocycles. The second-order valence-electron chi connectivity index (χ2n) is 18.0. The fourth-order valence-electron chi connectivity index (χ4n) is 8.26. The predicted octanol–water partition coefficient (Wildman–Crippen LogP) is 16.4. The minimum Gasteiger partial charge on any atom is -0.507 e. The zero-order valence-corrected chi connectivity index (χ0v) is 37.6. The first-order valence-corrected chi connectivity index (χ1v) is 22.8. The van der Waals surface area contributed by atoms with E-state index in [1.165, 1.54) is 22.3 Å². The number of benzene rings is 8. The van der Waals surface area contributed by atoms with Gasteiger partial charge in [0.1, 0.15) is 23.0 Å². The van der Waals surface area contributed by atoms with Crippen LogP contribution in [0.3, 0.4) is 0 Å². The van der Waals surface area contributed by atoms with Crippen molar-refractivity contribution in [2.75, 3.05) is 0 Å². The van der Waals surface area contributed by atoms with E-state index >= 15 is 0 Å². The Morgan fingerprint density at radius 2 is 0.887 bits per heavy atom. The first kappa shape index (κ1) is 41.2. The molecule has 0 fully saturated rings. The van der Waals surface area contributed by atoms with E-state index in [0.717, 1.165) is 82.0 Å². The molecular weight excluding hydrogens is 797 g/mol. The van der Waals surface area contributed by atoms with E-state index in [9.17, 15) is 10.2 Å². The highest BCUT2D eigenvalue weighted by atomic mass is 32.2. The van der Waals surface area contributed by atoms with Crippen LogP contribution in [-0.2, 0) is 17.3 Å². The Balaban J connectivity index is 1.11. The number of ether oxygens (including phenoxy) is 1. The van der Waals surface area contributed by atoms with Crippen LogP contribution in [0.1, 0.15) is 63.8 Å². The summed E-state index contributed by atoms with van der Waals surface area (Å²) in [4.78, 5) is 4.24. The van der Waals surface area contributed by atoms with Gasteiger partial charge < -0.3 is 14.9 Å². The van der Waals surface area contributed by atoms with Crippen LogP contribution < -0.4 is 4.74 Å². The first-order valence-electron chi connectivity index (χ1n) is 21.2. The van der Waals surface area contributed by atoms with Gasteiger partial charge in [0.2, 0.25) is 0 Å². The number of phenolic OH excluding ortho intramolecular Hbond substituents is 2. The largest absolute Gasteiger partial charge is 0.507 e. The van der Waals surface area contributed by atoms with Gasteiger partial charge in [0.25, 0.3) is 0 Å². The van der Waals surface area contributed by atoms with Gasteiger partial charge in [-0.25, -0.2) is 0 Å². The Morgan fingerprint density at radius 3 is 1.40 bits per heavy atom. The van der Waals surface area contributed by atoms with Crippen LogP contribution in [-0.4, -0.2) is 10.2 Å². The van der Waals surface area contributed by atoms with E-state index in [0.29, 0.717) is 0 Å². The number of para-hydroxylation sites is 2. The number of rotatable bonds is 8. The van der Waals surface area contributed by atoms with E-state index in [-0.39, 0.29) is 22.3 Å². The van der Waals surface area contributed by atoms with Gasteiger partial charge in [-0.3, -0.25) is 0 Å². The van der Waals surface area contributed by atoms with Gasteiger partial charge in [0, 0.05) is 48.9 Å². The highest BCUT2D eigenvalue weighted by molar-refractivity contribution is 7.99. The van der Waals surface area contributed by atoms with E-state index in [1.54, 1.807) is 23.5 Å². The third-order valence-corrected chi connectivity index (χ3v) is 13.8. The van der Waals surface area contributed by atoms with Gasteiger partial charge >= 0.3 is 0 Å². The molecule has 9 rings (SSSR count). The lowest BCUT2D eigenvalue weighted by Crippen LogP contribution is -2.16. The van der Waals surface area contributed by atoms with Gasteiger partial charge in [-0.05, 0) is 74.0 Å². The van der Waals surface area contributed by atoms with Crippen LogP contribution in [0.4, 0.5) is 0 Å². The predicted molar refractivity (Wildman–Crippen MR) is 259 cm³/mol. The molecule has 3 nitrogen and oxygen atoms in total. The smallest absolute Gasteiger partial charge is 0.144 e. The topological polar surface area (TPSA) is 49.7 Å².